The summed E-state index contributed by atoms with van der Waals surface area (Å²) < 4.78 is 22.2. The monoisotopic (exact) mass is 470 g/mol. The van der Waals surface area contributed by atoms with Crippen molar-refractivity contribution in [1.82, 2.24) is 9.55 Å². The molecule has 3 aromatic rings. The van der Waals surface area contributed by atoms with Gasteiger partial charge in [-0.25, -0.2) is 9.18 Å². The number of ketones is 2. The van der Waals surface area contributed by atoms with Crippen LogP contribution < -0.4 is 11.2 Å². The van der Waals surface area contributed by atoms with E-state index in [1.165, 1.54) is 48.5 Å². The quantitative estimate of drug-likeness (QED) is 0.288. The van der Waals surface area contributed by atoms with E-state index in [1.54, 1.807) is 12.1 Å². The summed E-state index contributed by atoms with van der Waals surface area (Å²) in [6, 6.07) is 14.5. The van der Waals surface area contributed by atoms with E-state index in [9.17, 15) is 34.5 Å². The van der Waals surface area contributed by atoms with Gasteiger partial charge in [0.1, 0.15) is 12.2 Å². The fourth-order valence-electron chi connectivity index (χ4n) is 3.85. The smallest absolute Gasteiger partial charge is 0.330 e. The Morgan fingerprint density at radius 2 is 1.44 bits per heavy atom. The van der Waals surface area contributed by atoms with Gasteiger partial charge in [-0.3, -0.25) is 23.9 Å². The molecular formula is C23H19FN2O8. The predicted molar refractivity (Wildman–Crippen MR) is 114 cm³/mol. The third kappa shape index (κ3) is 3.51. The first kappa shape index (κ1) is 23.4. The van der Waals surface area contributed by atoms with Crippen molar-refractivity contribution in [3.05, 3.63) is 105 Å². The Morgan fingerprint density at radius 3 is 1.91 bits per heavy atom. The molecule has 1 aliphatic rings. The molecule has 4 atom stereocenters. The molecule has 11 heteroatoms. The summed E-state index contributed by atoms with van der Waals surface area (Å²) in [5, 5.41) is 32.6. The Balaban J connectivity index is 1.88. The minimum Gasteiger partial charge on any atom is -0.385 e. The van der Waals surface area contributed by atoms with Gasteiger partial charge in [0.05, 0.1) is 0 Å². The van der Waals surface area contributed by atoms with Gasteiger partial charge >= 0.3 is 5.69 Å². The Kier molecular flexibility index (Phi) is 5.87. The number of halogens is 1. The van der Waals surface area contributed by atoms with Gasteiger partial charge in [0, 0.05) is 23.4 Å². The zero-order valence-electron chi connectivity index (χ0n) is 17.4. The molecule has 1 aliphatic heterocycles. The lowest BCUT2D eigenvalue weighted by Gasteiger charge is -2.37. The predicted octanol–water partition coefficient (Wildman–Crippen LogP) is -0.0501. The van der Waals surface area contributed by atoms with Crippen LogP contribution in [0.3, 0.4) is 0 Å². The van der Waals surface area contributed by atoms with Crippen molar-refractivity contribution < 1.29 is 34.0 Å². The normalized spacial score (nSPS) is 24.6. The fourth-order valence-corrected chi connectivity index (χ4v) is 3.85. The summed E-state index contributed by atoms with van der Waals surface area (Å²) in [7, 11) is 0. The average molecular weight is 470 g/mol. The number of aliphatic hydroxyl groups excluding tert-OH is 2. The van der Waals surface area contributed by atoms with E-state index in [2.05, 4.69) is 0 Å². The third-order valence-electron chi connectivity index (χ3n) is 5.64. The second-order valence-electron chi connectivity index (χ2n) is 7.71. The second-order valence-corrected chi connectivity index (χ2v) is 7.71. The number of rotatable bonds is 6. The van der Waals surface area contributed by atoms with Crippen LogP contribution in [0.2, 0.25) is 0 Å². The standard InChI is InChI=1S/C23H19FN2O8/c24-23(19(31)16(28)20(34-23)26-12-11-15(27)25-21(26)32)22(33,17(29)13-7-3-1-4-8-13)18(30)14-9-5-2-6-10-14/h1-12,16,19-20,28,31,33H,(H,25,27,32)/t16-,19+,20-,23+/m1/s1. The van der Waals surface area contributed by atoms with Crippen molar-refractivity contribution in [2.75, 3.05) is 0 Å². The lowest BCUT2D eigenvalue weighted by Crippen LogP contribution is -2.66. The molecule has 0 unspecified atom stereocenters. The van der Waals surface area contributed by atoms with Crippen molar-refractivity contribution in [3.8, 4) is 0 Å². The van der Waals surface area contributed by atoms with Gasteiger partial charge in [-0.1, -0.05) is 60.7 Å². The van der Waals surface area contributed by atoms with E-state index in [0.717, 1.165) is 12.3 Å². The first-order valence-electron chi connectivity index (χ1n) is 10.1. The van der Waals surface area contributed by atoms with Gasteiger partial charge in [-0.15, -0.1) is 0 Å². The number of ether oxygens (including phenoxy) is 1. The van der Waals surface area contributed by atoms with Crippen LogP contribution in [0.5, 0.6) is 0 Å². The van der Waals surface area contributed by atoms with E-state index < -0.39 is 52.7 Å². The van der Waals surface area contributed by atoms with Crippen molar-refractivity contribution in [2.24, 2.45) is 0 Å². The molecule has 0 amide bonds. The summed E-state index contributed by atoms with van der Waals surface area (Å²) in [6.07, 6.45) is -6.00. The molecule has 2 aromatic carbocycles. The number of carbonyl (C=O) groups is 2. The zero-order chi connectivity index (χ0) is 24.7. The van der Waals surface area contributed by atoms with Gasteiger partial charge in [-0.05, 0) is 0 Å². The molecule has 0 radical (unpaired) electrons. The molecule has 4 rings (SSSR count). The molecule has 1 fully saturated rings. The number of aromatic nitrogens is 2. The van der Waals surface area contributed by atoms with Crippen LogP contribution in [-0.2, 0) is 4.74 Å². The summed E-state index contributed by atoms with van der Waals surface area (Å²) in [5.41, 5.74) is -6.14. The van der Waals surface area contributed by atoms with Gasteiger partial charge in [-0.2, -0.15) is 0 Å². The molecular weight excluding hydrogens is 451 g/mol. The number of Topliss-reactive ketones (excluding diaryl/α,β-unsaturated/α-hetero) is 2. The molecule has 10 nitrogen and oxygen atoms in total. The topological polar surface area (TPSA) is 159 Å². The molecule has 2 heterocycles. The van der Waals surface area contributed by atoms with Crippen LogP contribution >= 0.6 is 0 Å². The molecule has 0 aliphatic carbocycles. The maximum Gasteiger partial charge on any atom is 0.330 e. The third-order valence-corrected chi connectivity index (χ3v) is 5.64. The van der Waals surface area contributed by atoms with E-state index in [1.807, 2.05) is 4.98 Å². The average Bonchev–Trinajstić information content (AvgIpc) is 3.08. The van der Waals surface area contributed by atoms with E-state index in [4.69, 9.17) is 4.74 Å². The maximum atomic E-state index is 16.5. The fraction of sp³-hybridized carbons (Fsp3) is 0.217. The number of nitrogens with one attached hydrogen (secondary N) is 1. The summed E-state index contributed by atoms with van der Waals surface area (Å²) in [5.74, 6) is -6.78. The van der Waals surface area contributed by atoms with Crippen LogP contribution in [0.1, 0.15) is 26.9 Å². The molecule has 0 spiro atoms. The van der Waals surface area contributed by atoms with Gasteiger partial charge < -0.3 is 20.1 Å². The number of hydrogen-bond acceptors (Lipinski definition) is 8. The van der Waals surface area contributed by atoms with Crippen molar-refractivity contribution in [3.63, 3.8) is 0 Å². The number of carbonyl (C=O) groups excluding carboxylic acids is 2. The van der Waals surface area contributed by atoms with Crippen molar-refractivity contribution in [1.29, 1.82) is 0 Å². The van der Waals surface area contributed by atoms with E-state index >= 15 is 4.39 Å². The largest absolute Gasteiger partial charge is 0.385 e. The number of benzene rings is 2. The number of alkyl halides is 1. The number of aromatic amines is 1. The number of nitrogens with zero attached hydrogens (tertiary/aromatic N) is 1. The molecule has 176 valence electrons. The summed E-state index contributed by atoms with van der Waals surface area (Å²) in [4.78, 5) is 52.2. The highest BCUT2D eigenvalue weighted by atomic mass is 19.2. The molecule has 1 aromatic heterocycles. The number of aliphatic hydroxyl groups is 3. The molecule has 4 N–H and O–H groups in total. The Labute approximate surface area is 190 Å². The van der Waals surface area contributed by atoms with Crippen LogP contribution in [0.4, 0.5) is 4.39 Å². The first-order valence-corrected chi connectivity index (χ1v) is 10.1. The van der Waals surface area contributed by atoms with Gasteiger partial charge in [0.25, 0.3) is 17.0 Å². The van der Waals surface area contributed by atoms with Crippen LogP contribution in [0.15, 0.2) is 82.5 Å². The van der Waals surface area contributed by atoms with Crippen LogP contribution in [0.25, 0.3) is 0 Å². The van der Waals surface area contributed by atoms with E-state index in [-0.39, 0.29) is 11.1 Å². The van der Waals surface area contributed by atoms with E-state index in [0.29, 0.717) is 4.57 Å². The molecule has 0 bridgehead atoms. The van der Waals surface area contributed by atoms with Crippen LogP contribution in [-0.4, -0.2) is 60.1 Å². The highest BCUT2D eigenvalue weighted by molar-refractivity contribution is 6.23. The highest BCUT2D eigenvalue weighted by Crippen LogP contribution is 2.47. The first-order chi connectivity index (χ1) is 16.1. The van der Waals surface area contributed by atoms with Gasteiger partial charge in [0.15, 0.2) is 6.23 Å². The minimum absolute atomic E-state index is 0.277. The second kappa shape index (κ2) is 8.54. The number of H-pyrrole nitrogens is 1. The molecule has 0 saturated carbocycles. The lowest BCUT2D eigenvalue weighted by atomic mass is 9.77. The summed E-state index contributed by atoms with van der Waals surface area (Å²) in [6.45, 7) is 0. The van der Waals surface area contributed by atoms with Crippen molar-refractivity contribution >= 4 is 11.6 Å². The molecule has 34 heavy (non-hydrogen) atoms. The highest BCUT2D eigenvalue weighted by Gasteiger charge is 2.73. The Bertz CT molecular complexity index is 1290. The van der Waals surface area contributed by atoms with Crippen LogP contribution in [0, 0.1) is 0 Å². The molecule has 1 saturated heterocycles. The SMILES string of the molecule is O=C(c1ccccc1)C(O)(C(=O)c1ccccc1)[C@@]1(F)O[C@@H](n2ccc(=O)[nH]c2=O)[C@H](O)[C@@H]1O. The van der Waals surface area contributed by atoms with Gasteiger partial charge in [0.2, 0.25) is 11.6 Å². The Morgan fingerprint density at radius 1 is 0.941 bits per heavy atom. The van der Waals surface area contributed by atoms with Crippen molar-refractivity contribution in [2.45, 2.75) is 29.9 Å². The summed E-state index contributed by atoms with van der Waals surface area (Å²) >= 11 is 0. The Hall–Kier alpha value is -3.77. The maximum absolute atomic E-state index is 16.5. The minimum atomic E-state index is -3.90. The zero-order valence-corrected chi connectivity index (χ0v) is 17.4. The lowest BCUT2D eigenvalue weighted by molar-refractivity contribution is -0.248. The number of hydrogen-bond donors (Lipinski definition) is 4.